The van der Waals surface area contributed by atoms with Gasteiger partial charge in [0.05, 0.1) is 4.92 Å². The van der Waals surface area contributed by atoms with Crippen molar-refractivity contribution in [3.05, 3.63) is 64.0 Å². The predicted molar refractivity (Wildman–Crippen MR) is 90.9 cm³/mol. The molecule has 0 unspecified atom stereocenters. The Morgan fingerprint density at radius 1 is 1.38 bits per heavy atom. The molecule has 3 rings (SSSR count). The Balaban J connectivity index is 1.66. The van der Waals surface area contributed by atoms with Crippen molar-refractivity contribution in [3.63, 3.8) is 0 Å². The summed E-state index contributed by atoms with van der Waals surface area (Å²) in [5.74, 6) is 0.0611. The molecule has 0 fully saturated rings. The van der Waals surface area contributed by atoms with Crippen LogP contribution in [0.4, 0.5) is 11.4 Å². The summed E-state index contributed by atoms with van der Waals surface area (Å²) in [4.78, 5) is 29.1. The zero-order valence-corrected chi connectivity index (χ0v) is 13.5. The Kier molecular flexibility index (Phi) is 4.55. The van der Waals surface area contributed by atoms with Crippen LogP contribution in [0.15, 0.2) is 42.6 Å². The lowest BCUT2D eigenvalue weighted by Crippen LogP contribution is -2.35. The van der Waals surface area contributed by atoms with Crippen LogP contribution in [0.1, 0.15) is 31.0 Å². The van der Waals surface area contributed by atoms with Crippen LogP contribution in [-0.2, 0) is 17.6 Å². The molecule has 124 valence electrons. The van der Waals surface area contributed by atoms with Crippen LogP contribution in [0, 0.1) is 10.1 Å². The maximum atomic E-state index is 12.6. The molecule has 0 radical (unpaired) electrons. The predicted octanol–water partition coefficient (Wildman–Crippen LogP) is 3.29. The molecule has 0 N–H and O–H groups in total. The highest BCUT2D eigenvalue weighted by atomic mass is 16.6. The Morgan fingerprint density at radius 2 is 2.21 bits per heavy atom. The summed E-state index contributed by atoms with van der Waals surface area (Å²) in [7, 11) is 0. The molecular formula is C18H19N3O3. The second-order valence-corrected chi connectivity index (χ2v) is 6.06. The first-order chi connectivity index (χ1) is 11.6. The van der Waals surface area contributed by atoms with E-state index in [-0.39, 0.29) is 17.6 Å². The standard InChI is InChI=1S/C18H19N3O3/c1-13-11-14-12-16(21(23)24)8-9-17(14)20(13)18(22)7-4-6-15-5-2-3-10-19-15/h2-3,5,8-10,12-13H,4,6-7,11H2,1H3/t13-/m0/s1. The summed E-state index contributed by atoms with van der Waals surface area (Å²) in [6, 6.07) is 10.5. The van der Waals surface area contributed by atoms with E-state index in [0.29, 0.717) is 12.8 Å². The van der Waals surface area contributed by atoms with E-state index in [0.717, 1.165) is 29.8 Å². The lowest BCUT2D eigenvalue weighted by molar-refractivity contribution is -0.384. The molecule has 1 amide bonds. The normalized spacial score (nSPS) is 16.0. The average Bonchev–Trinajstić information content (AvgIpc) is 2.90. The van der Waals surface area contributed by atoms with Gasteiger partial charge in [-0.3, -0.25) is 19.9 Å². The van der Waals surface area contributed by atoms with E-state index >= 15 is 0 Å². The number of anilines is 1. The van der Waals surface area contributed by atoms with Crippen molar-refractivity contribution in [1.29, 1.82) is 0 Å². The van der Waals surface area contributed by atoms with Gasteiger partial charge in [-0.05, 0) is 49.9 Å². The summed E-state index contributed by atoms with van der Waals surface area (Å²) < 4.78 is 0. The number of nitrogens with zero attached hydrogens (tertiary/aromatic N) is 3. The van der Waals surface area contributed by atoms with Gasteiger partial charge in [-0.2, -0.15) is 0 Å². The number of benzene rings is 1. The van der Waals surface area contributed by atoms with Crippen molar-refractivity contribution in [3.8, 4) is 0 Å². The van der Waals surface area contributed by atoms with Gasteiger partial charge in [0.1, 0.15) is 0 Å². The van der Waals surface area contributed by atoms with Crippen molar-refractivity contribution in [2.24, 2.45) is 0 Å². The Labute approximate surface area is 140 Å². The maximum Gasteiger partial charge on any atom is 0.269 e. The molecule has 6 heteroatoms. The van der Waals surface area contributed by atoms with Crippen molar-refractivity contribution in [2.75, 3.05) is 4.90 Å². The fourth-order valence-corrected chi connectivity index (χ4v) is 3.20. The molecule has 0 saturated carbocycles. The van der Waals surface area contributed by atoms with Crippen molar-refractivity contribution in [2.45, 2.75) is 38.6 Å². The molecule has 1 atom stereocenters. The molecule has 0 aliphatic carbocycles. The van der Waals surface area contributed by atoms with Crippen LogP contribution in [0.3, 0.4) is 0 Å². The molecule has 24 heavy (non-hydrogen) atoms. The van der Waals surface area contributed by atoms with Crippen LogP contribution >= 0.6 is 0 Å². The van der Waals surface area contributed by atoms with E-state index in [1.54, 1.807) is 23.2 Å². The third kappa shape index (κ3) is 3.27. The largest absolute Gasteiger partial charge is 0.309 e. The van der Waals surface area contributed by atoms with Crippen LogP contribution in [0.25, 0.3) is 0 Å². The van der Waals surface area contributed by atoms with Crippen LogP contribution in [0.2, 0.25) is 0 Å². The number of nitro benzene ring substituents is 1. The zero-order valence-electron chi connectivity index (χ0n) is 13.5. The molecule has 1 aliphatic rings. The van der Waals surface area contributed by atoms with Crippen molar-refractivity contribution in [1.82, 2.24) is 4.98 Å². The molecule has 0 bridgehead atoms. The van der Waals surface area contributed by atoms with Gasteiger partial charge in [0.2, 0.25) is 5.91 Å². The molecule has 1 aromatic carbocycles. The number of carbonyl (C=O) groups excluding carboxylic acids is 1. The monoisotopic (exact) mass is 325 g/mol. The highest BCUT2D eigenvalue weighted by Crippen LogP contribution is 2.35. The van der Waals surface area contributed by atoms with Gasteiger partial charge in [-0.1, -0.05) is 6.07 Å². The summed E-state index contributed by atoms with van der Waals surface area (Å²) in [6.07, 6.45) is 4.35. The number of fused-ring (bicyclic) bond motifs is 1. The van der Waals surface area contributed by atoms with E-state index < -0.39 is 4.92 Å². The Bertz CT molecular complexity index is 761. The van der Waals surface area contributed by atoms with Gasteiger partial charge in [-0.15, -0.1) is 0 Å². The maximum absolute atomic E-state index is 12.6. The number of nitro groups is 1. The Hall–Kier alpha value is -2.76. The minimum absolute atomic E-state index is 0.0318. The minimum Gasteiger partial charge on any atom is -0.309 e. The number of aryl methyl sites for hydroxylation is 1. The quantitative estimate of drug-likeness (QED) is 0.624. The average molecular weight is 325 g/mol. The van der Waals surface area contributed by atoms with E-state index in [1.807, 2.05) is 25.1 Å². The third-order valence-corrected chi connectivity index (χ3v) is 4.31. The van der Waals surface area contributed by atoms with Gasteiger partial charge >= 0.3 is 0 Å². The zero-order chi connectivity index (χ0) is 17.1. The van der Waals surface area contributed by atoms with Gasteiger partial charge in [-0.25, -0.2) is 0 Å². The molecule has 2 aromatic rings. The smallest absolute Gasteiger partial charge is 0.269 e. The molecule has 1 aliphatic heterocycles. The Morgan fingerprint density at radius 3 is 2.92 bits per heavy atom. The number of carbonyl (C=O) groups is 1. The molecule has 2 heterocycles. The first-order valence-corrected chi connectivity index (χ1v) is 8.05. The summed E-state index contributed by atoms with van der Waals surface area (Å²) in [5, 5.41) is 10.9. The highest BCUT2D eigenvalue weighted by molar-refractivity contribution is 5.96. The van der Waals surface area contributed by atoms with Crippen LogP contribution in [0.5, 0.6) is 0 Å². The van der Waals surface area contributed by atoms with E-state index in [4.69, 9.17) is 0 Å². The second kappa shape index (κ2) is 6.78. The molecular weight excluding hydrogens is 306 g/mol. The first kappa shape index (κ1) is 16.1. The number of amides is 1. The van der Waals surface area contributed by atoms with E-state index in [1.165, 1.54) is 6.07 Å². The third-order valence-electron chi connectivity index (χ3n) is 4.31. The van der Waals surface area contributed by atoms with Crippen molar-refractivity contribution < 1.29 is 9.72 Å². The number of hydrogen-bond donors (Lipinski definition) is 0. The summed E-state index contributed by atoms with van der Waals surface area (Å²) in [6.45, 7) is 1.97. The molecule has 6 nitrogen and oxygen atoms in total. The number of non-ortho nitro benzene ring substituents is 1. The minimum atomic E-state index is -0.401. The SMILES string of the molecule is C[C@H]1Cc2cc([N+](=O)[O-])ccc2N1C(=O)CCCc1ccccn1. The summed E-state index contributed by atoms with van der Waals surface area (Å²) in [5.41, 5.74) is 2.73. The fourth-order valence-electron chi connectivity index (χ4n) is 3.20. The summed E-state index contributed by atoms with van der Waals surface area (Å²) >= 11 is 0. The molecule has 1 aromatic heterocycles. The number of rotatable bonds is 5. The van der Waals surface area contributed by atoms with Gasteiger partial charge < -0.3 is 4.90 Å². The van der Waals surface area contributed by atoms with Crippen LogP contribution < -0.4 is 4.90 Å². The topological polar surface area (TPSA) is 76.3 Å². The fraction of sp³-hybridized carbons (Fsp3) is 0.333. The van der Waals surface area contributed by atoms with Crippen LogP contribution in [-0.4, -0.2) is 21.9 Å². The number of hydrogen-bond acceptors (Lipinski definition) is 4. The van der Waals surface area contributed by atoms with Gasteiger partial charge in [0, 0.05) is 42.2 Å². The second-order valence-electron chi connectivity index (χ2n) is 6.06. The van der Waals surface area contributed by atoms with Gasteiger partial charge in [0.25, 0.3) is 5.69 Å². The number of aromatic nitrogens is 1. The van der Waals surface area contributed by atoms with E-state index in [9.17, 15) is 14.9 Å². The first-order valence-electron chi connectivity index (χ1n) is 8.05. The lowest BCUT2D eigenvalue weighted by Gasteiger charge is -2.22. The number of pyridine rings is 1. The van der Waals surface area contributed by atoms with E-state index in [2.05, 4.69) is 4.98 Å². The highest BCUT2D eigenvalue weighted by Gasteiger charge is 2.31. The lowest BCUT2D eigenvalue weighted by atomic mass is 10.1. The molecule has 0 saturated heterocycles. The molecule has 0 spiro atoms. The van der Waals surface area contributed by atoms with Gasteiger partial charge in [0.15, 0.2) is 0 Å². The van der Waals surface area contributed by atoms with Crippen molar-refractivity contribution >= 4 is 17.3 Å².